The van der Waals surface area contributed by atoms with Crippen molar-refractivity contribution in [3.8, 4) is 5.75 Å². The van der Waals surface area contributed by atoms with Crippen LogP contribution in [0.5, 0.6) is 5.75 Å². The van der Waals surface area contributed by atoms with Crippen LogP contribution in [-0.4, -0.2) is 31.3 Å². The topological polar surface area (TPSA) is 119 Å². The van der Waals surface area contributed by atoms with Crippen molar-refractivity contribution in [2.75, 3.05) is 0 Å². The molecule has 1 aromatic heterocycles. The SMILES string of the molecule is Cc1ccc(Cn2c(=O)n(CCC(=O)O)c(=O)[nH]/c2=N\c2ccc(OC(C)C)cc2C(F)(F)F)cc1. The molecule has 0 spiro atoms. The van der Waals surface area contributed by atoms with Gasteiger partial charge in [0.15, 0.2) is 0 Å². The van der Waals surface area contributed by atoms with Crippen LogP contribution in [0.25, 0.3) is 0 Å². The third-order valence-corrected chi connectivity index (χ3v) is 5.06. The van der Waals surface area contributed by atoms with Crippen LogP contribution in [0.1, 0.15) is 37.0 Å². The molecule has 9 nitrogen and oxygen atoms in total. The van der Waals surface area contributed by atoms with E-state index in [1.165, 1.54) is 6.07 Å². The van der Waals surface area contributed by atoms with Gasteiger partial charge in [-0.3, -0.25) is 14.3 Å². The number of hydrogen-bond donors (Lipinski definition) is 2. The van der Waals surface area contributed by atoms with Gasteiger partial charge in [0, 0.05) is 6.54 Å². The molecule has 2 aromatic carbocycles. The number of alkyl halides is 3. The highest BCUT2D eigenvalue weighted by Gasteiger charge is 2.34. The Morgan fingerprint density at radius 1 is 1.11 bits per heavy atom. The van der Waals surface area contributed by atoms with Crippen LogP contribution in [-0.2, 0) is 24.1 Å². The second-order valence-corrected chi connectivity index (χ2v) is 8.36. The molecule has 2 N–H and O–H groups in total. The number of aromatic nitrogens is 3. The lowest BCUT2D eigenvalue weighted by Crippen LogP contribution is -2.50. The molecular weight excluding hydrogens is 481 g/mol. The molecule has 0 fully saturated rings. The van der Waals surface area contributed by atoms with Crippen LogP contribution in [0.3, 0.4) is 0 Å². The number of carboxylic acids is 1. The van der Waals surface area contributed by atoms with Crippen molar-refractivity contribution in [2.24, 2.45) is 4.99 Å². The van der Waals surface area contributed by atoms with Crippen LogP contribution in [0.2, 0.25) is 0 Å². The number of benzene rings is 2. The Morgan fingerprint density at radius 3 is 2.36 bits per heavy atom. The van der Waals surface area contributed by atoms with Gasteiger partial charge in [0.2, 0.25) is 5.62 Å². The highest BCUT2D eigenvalue weighted by atomic mass is 19.4. The van der Waals surface area contributed by atoms with E-state index in [-0.39, 0.29) is 18.4 Å². The summed E-state index contributed by atoms with van der Waals surface area (Å²) in [7, 11) is 0. The first-order valence-corrected chi connectivity index (χ1v) is 11.0. The number of nitrogens with zero attached hydrogens (tertiary/aromatic N) is 3. The van der Waals surface area contributed by atoms with Crippen molar-refractivity contribution in [3.63, 3.8) is 0 Å². The minimum absolute atomic E-state index is 0.0126. The first kappa shape index (κ1) is 26.5. The van der Waals surface area contributed by atoms with E-state index in [0.717, 1.165) is 22.3 Å². The van der Waals surface area contributed by atoms with Gasteiger partial charge in [0.1, 0.15) is 5.75 Å². The Kier molecular flexibility index (Phi) is 7.86. The van der Waals surface area contributed by atoms with E-state index < -0.39 is 53.4 Å². The second-order valence-electron chi connectivity index (χ2n) is 8.36. The summed E-state index contributed by atoms with van der Waals surface area (Å²) in [5, 5.41) is 8.95. The Labute approximate surface area is 203 Å². The maximum absolute atomic E-state index is 13.8. The van der Waals surface area contributed by atoms with Crippen LogP contribution < -0.4 is 21.7 Å². The summed E-state index contributed by atoms with van der Waals surface area (Å²) in [5.41, 5.74) is -2.39. The standard InChI is InChI=1S/C24H25F3N4O5/c1-14(2)36-17-8-9-19(18(12-17)24(25,26)27)28-21-29-22(34)30(11-10-20(32)33)23(35)31(21)13-16-6-4-15(3)5-7-16/h4-9,12,14H,10-11,13H2,1-3H3,(H,32,33)(H,28,29,34). The third-order valence-electron chi connectivity index (χ3n) is 5.06. The van der Waals surface area contributed by atoms with Crippen molar-refractivity contribution in [2.45, 2.75) is 52.6 Å². The Morgan fingerprint density at radius 2 is 1.78 bits per heavy atom. The molecule has 0 aliphatic rings. The highest BCUT2D eigenvalue weighted by Crippen LogP contribution is 2.38. The zero-order valence-corrected chi connectivity index (χ0v) is 19.8. The highest BCUT2D eigenvalue weighted by molar-refractivity contribution is 5.66. The van der Waals surface area contributed by atoms with E-state index in [1.54, 1.807) is 38.1 Å². The van der Waals surface area contributed by atoms with Crippen molar-refractivity contribution < 1.29 is 27.8 Å². The summed E-state index contributed by atoms with van der Waals surface area (Å²) in [5.74, 6) is -1.24. The summed E-state index contributed by atoms with van der Waals surface area (Å²) in [6.45, 7) is 4.65. The van der Waals surface area contributed by atoms with Crippen molar-refractivity contribution >= 4 is 11.7 Å². The summed E-state index contributed by atoms with van der Waals surface area (Å²) in [6, 6.07) is 10.2. The Hall–Kier alpha value is -4.09. The fraction of sp³-hybridized carbons (Fsp3) is 0.333. The van der Waals surface area contributed by atoms with E-state index in [1.807, 2.05) is 6.92 Å². The molecular formula is C24H25F3N4O5. The van der Waals surface area contributed by atoms with Gasteiger partial charge in [-0.05, 0) is 44.5 Å². The lowest BCUT2D eigenvalue weighted by Gasteiger charge is -2.15. The maximum atomic E-state index is 13.8. The number of ether oxygens (including phenoxy) is 1. The molecule has 0 saturated heterocycles. The van der Waals surface area contributed by atoms with E-state index in [4.69, 9.17) is 9.84 Å². The van der Waals surface area contributed by atoms with Crippen LogP contribution in [0.15, 0.2) is 57.0 Å². The molecule has 1 heterocycles. The molecule has 0 amide bonds. The number of carboxylic acid groups (broad SMARTS) is 1. The van der Waals surface area contributed by atoms with Crippen molar-refractivity contribution in [1.29, 1.82) is 0 Å². The normalized spacial score (nSPS) is 12.2. The lowest BCUT2D eigenvalue weighted by atomic mass is 10.1. The number of hydrogen-bond acceptors (Lipinski definition) is 5. The van der Waals surface area contributed by atoms with Crippen LogP contribution >= 0.6 is 0 Å². The van der Waals surface area contributed by atoms with E-state index in [9.17, 15) is 27.6 Å². The average Bonchev–Trinajstić information content (AvgIpc) is 2.77. The second kappa shape index (κ2) is 10.7. The molecule has 3 aromatic rings. The monoisotopic (exact) mass is 506 g/mol. The predicted octanol–water partition coefficient (Wildman–Crippen LogP) is 3.21. The van der Waals surface area contributed by atoms with Crippen molar-refractivity contribution in [3.05, 3.63) is 85.7 Å². The smallest absolute Gasteiger partial charge is 0.418 e. The fourth-order valence-electron chi connectivity index (χ4n) is 3.36. The molecule has 0 aliphatic heterocycles. The molecule has 192 valence electrons. The number of aryl methyl sites for hydroxylation is 1. The number of H-pyrrole nitrogens is 1. The van der Waals surface area contributed by atoms with Crippen molar-refractivity contribution in [1.82, 2.24) is 14.1 Å². The summed E-state index contributed by atoms with van der Waals surface area (Å²) in [6.07, 6.45) is -5.66. The molecule has 0 bridgehead atoms. The van der Waals surface area contributed by atoms with Gasteiger partial charge in [-0.25, -0.2) is 19.1 Å². The molecule has 12 heteroatoms. The first-order chi connectivity index (χ1) is 16.8. The third kappa shape index (κ3) is 6.52. The van der Waals surface area contributed by atoms with E-state index in [0.29, 0.717) is 10.1 Å². The number of rotatable bonds is 8. The van der Waals surface area contributed by atoms with E-state index in [2.05, 4.69) is 9.98 Å². The van der Waals surface area contributed by atoms with Crippen LogP contribution in [0, 0.1) is 6.92 Å². The predicted molar refractivity (Wildman–Crippen MR) is 124 cm³/mol. The van der Waals surface area contributed by atoms with Crippen LogP contribution in [0.4, 0.5) is 18.9 Å². The molecule has 36 heavy (non-hydrogen) atoms. The van der Waals surface area contributed by atoms with Gasteiger partial charge in [0.25, 0.3) is 0 Å². The molecule has 0 unspecified atom stereocenters. The molecule has 0 saturated carbocycles. The summed E-state index contributed by atoms with van der Waals surface area (Å²) < 4.78 is 48.5. The Bertz CT molecular complexity index is 1430. The number of nitrogens with one attached hydrogen (secondary N) is 1. The minimum atomic E-state index is -4.80. The number of aromatic amines is 1. The summed E-state index contributed by atoms with van der Waals surface area (Å²) in [4.78, 5) is 43.0. The van der Waals surface area contributed by atoms with Gasteiger partial charge >= 0.3 is 23.5 Å². The number of carbonyl (C=O) groups is 1. The van der Waals surface area contributed by atoms with Gasteiger partial charge in [-0.1, -0.05) is 29.8 Å². The maximum Gasteiger partial charge on any atom is 0.418 e. The zero-order valence-electron chi connectivity index (χ0n) is 19.8. The lowest BCUT2D eigenvalue weighted by molar-refractivity contribution is -0.138. The van der Waals surface area contributed by atoms with Gasteiger partial charge in [-0.2, -0.15) is 13.2 Å². The molecule has 0 radical (unpaired) electrons. The fourth-order valence-corrected chi connectivity index (χ4v) is 3.36. The van der Waals surface area contributed by atoms with E-state index >= 15 is 0 Å². The number of halogens is 3. The summed E-state index contributed by atoms with van der Waals surface area (Å²) >= 11 is 0. The molecule has 0 atom stereocenters. The Balaban J connectivity index is 2.25. The van der Waals surface area contributed by atoms with Gasteiger partial charge in [0.05, 0.1) is 30.3 Å². The molecule has 0 aliphatic carbocycles. The average molecular weight is 506 g/mol. The zero-order chi connectivity index (χ0) is 26.6. The quantitative estimate of drug-likeness (QED) is 0.487. The van der Waals surface area contributed by atoms with Gasteiger partial charge in [-0.15, -0.1) is 0 Å². The minimum Gasteiger partial charge on any atom is -0.491 e. The number of aliphatic carboxylic acids is 1. The van der Waals surface area contributed by atoms with Gasteiger partial charge < -0.3 is 9.84 Å². The first-order valence-electron chi connectivity index (χ1n) is 11.0. The largest absolute Gasteiger partial charge is 0.491 e. The molecule has 3 rings (SSSR count).